The van der Waals surface area contributed by atoms with Gasteiger partial charge in [-0.05, 0) is 41.5 Å². The molecule has 3 heterocycles. The normalized spacial score (nSPS) is 15.5. The Morgan fingerprint density at radius 2 is 1.88 bits per heavy atom. The van der Waals surface area contributed by atoms with Crippen molar-refractivity contribution in [3.63, 3.8) is 0 Å². The maximum atomic E-state index is 13.9. The van der Waals surface area contributed by atoms with Crippen LogP contribution in [0.5, 0.6) is 0 Å². The Bertz CT molecular complexity index is 1530. The van der Waals surface area contributed by atoms with E-state index in [-0.39, 0.29) is 5.91 Å². The second kappa shape index (κ2) is 8.27. The van der Waals surface area contributed by atoms with E-state index in [2.05, 4.69) is 31.7 Å². The lowest BCUT2D eigenvalue weighted by Crippen LogP contribution is -2.40. The molecule has 7 nitrogen and oxygen atoms in total. The van der Waals surface area contributed by atoms with Crippen molar-refractivity contribution in [2.24, 2.45) is 0 Å². The number of para-hydroxylation sites is 1. The molecule has 34 heavy (non-hydrogen) atoms. The summed E-state index contributed by atoms with van der Waals surface area (Å²) in [5.41, 5.74) is 5.21. The summed E-state index contributed by atoms with van der Waals surface area (Å²) >= 11 is 13.1. The summed E-state index contributed by atoms with van der Waals surface area (Å²) in [7, 11) is 0. The molecule has 168 valence electrons. The fraction of sp³-hybridized carbons (Fsp3) is 0.120. The molecule has 0 spiro atoms. The van der Waals surface area contributed by atoms with E-state index in [9.17, 15) is 4.79 Å². The van der Waals surface area contributed by atoms with Gasteiger partial charge < -0.3 is 9.88 Å². The van der Waals surface area contributed by atoms with Gasteiger partial charge in [-0.25, -0.2) is 0 Å². The Labute approximate surface area is 204 Å². The van der Waals surface area contributed by atoms with E-state index in [1.54, 1.807) is 18.2 Å². The van der Waals surface area contributed by atoms with Crippen LogP contribution in [-0.2, 0) is 6.42 Å². The van der Waals surface area contributed by atoms with Gasteiger partial charge in [-0.1, -0.05) is 65.7 Å². The van der Waals surface area contributed by atoms with E-state index in [0.29, 0.717) is 33.5 Å². The van der Waals surface area contributed by atoms with Gasteiger partial charge in [0.1, 0.15) is 0 Å². The molecule has 0 aliphatic carbocycles. The highest BCUT2D eigenvalue weighted by molar-refractivity contribution is 6.42. The number of aromatic nitrogens is 5. The molecule has 1 aliphatic heterocycles. The second-order valence-electron chi connectivity index (χ2n) is 8.17. The topological polar surface area (TPSA) is 90.6 Å². The number of tetrazole rings is 1. The first-order valence-corrected chi connectivity index (χ1v) is 11.6. The quantitative estimate of drug-likeness (QED) is 0.353. The fourth-order valence-corrected chi connectivity index (χ4v) is 5.17. The van der Waals surface area contributed by atoms with Crippen molar-refractivity contribution in [2.75, 3.05) is 6.54 Å². The zero-order chi connectivity index (χ0) is 23.2. The van der Waals surface area contributed by atoms with Crippen molar-refractivity contribution >= 4 is 40.0 Å². The Kier molecular flexibility index (Phi) is 5.08. The molecule has 0 fully saturated rings. The lowest BCUT2D eigenvalue weighted by molar-refractivity contribution is 0.0692. The van der Waals surface area contributed by atoms with Crippen LogP contribution in [0.15, 0.2) is 66.7 Å². The van der Waals surface area contributed by atoms with E-state index in [0.717, 1.165) is 28.6 Å². The van der Waals surface area contributed by atoms with Crippen molar-refractivity contribution in [3.8, 4) is 11.4 Å². The third-order valence-electron chi connectivity index (χ3n) is 6.28. The standard InChI is InChI=1S/C25H18Cl2N6O/c26-19-9-4-8-18(21(19)27)23-22-17(16-7-1-2-10-20(16)28-22)11-12-33(23)25(34)15-6-3-5-14(13-15)24-29-31-32-30-24/h1-10,13,23,28H,11-12H2,(H,29,30,31,32). The van der Waals surface area contributed by atoms with Crippen LogP contribution in [0.3, 0.4) is 0 Å². The van der Waals surface area contributed by atoms with Gasteiger partial charge in [0.15, 0.2) is 0 Å². The van der Waals surface area contributed by atoms with Gasteiger partial charge in [0.05, 0.1) is 16.1 Å². The minimum atomic E-state index is -0.413. The van der Waals surface area contributed by atoms with Gasteiger partial charge in [-0.3, -0.25) is 4.79 Å². The summed E-state index contributed by atoms with van der Waals surface area (Å²) in [5, 5.41) is 16.2. The van der Waals surface area contributed by atoms with Crippen LogP contribution in [0, 0.1) is 0 Å². The molecular weight excluding hydrogens is 471 g/mol. The molecule has 6 rings (SSSR count). The first-order chi connectivity index (χ1) is 16.6. The maximum absolute atomic E-state index is 13.9. The summed E-state index contributed by atoms with van der Waals surface area (Å²) in [4.78, 5) is 19.3. The number of hydrogen-bond acceptors (Lipinski definition) is 4. The summed E-state index contributed by atoms with van der Waals surface area (Å²) in [6.07, 6.45) is 0.726. The first kappa shape index (κ1) is 20.9. The molecule has 0 bridgehead atoms. The van der Waals surface area contributed by atoms with Crippen molar-refractivity contribution < 1.29 is 4.79 Å². The van der Waals surface area contributed by atoms with Gasteiger partial charge in [0, 0.05) is 39.8 Å². The van der Waals surface area contributed by atoms with Gasteiger partial charge >= 0.3 is 0 Å². The Morgan fingerprint density at radius 3 is 2.74 bits per heavy atom. The predicted molar refractivity (Wildman–Crippen MR) is 131 cm³/mol. The largest absolute Gasteiger partial charge is 0.356 e. The molecule has 0 saturated heterocycles. The number of H-pyrrole nitrogens is 2. The highest BCUT2D eigenvalue weighted by atomic mass is 35.5. The summed E-state index contributed by atoms with van der Waals surface area (Å²) in [6, 6.07) is 20.5. The molecule has 2 N–H and O–H groups in total. The minimum Gasteiger partial charge on any atom is -0.356 e. The van der Waals surface area contributed by atoms with Crippen molar-refractivity contribution in [3.05, 3.63) is 99.2 Å². The number of nitrogens with zero attached hydrogens (tertiary/aromatic N) is 4. The van der Waals surface area contributed by atoms with Crippen LogP contribution in [0.2, 0.25) is 10.0 Å². The summed E-state index contributed by atoms with van der Waals surface area (Å²) in [6.45, 7) is 0.535. The first-order valence-electron chi connectivity index (χ1n) is 10.8. The molecule has 1 amide bonds. The van der Waals surface area contributed by atoms with Crippen molar-refractivity contribution in [1.29, 1.82) is 0 Å². The number of aromatic amines is 2. The van der Waals surface area contributed by atoms with Gasteiger partial charge in [-0.15, -0.1) is 10.2 Å². The Balaban J connectivity index is 1.49. The minimum absolute atomic E-state index is 0.115. The number of fused-ring (bicyclic) bond motifs is 3. The van der Waals surface area contributed by atoms with Gasteiger partial charge in [0.2, 0.25) is 5.82 Å². The molecular formula is C25H18Cl2N6O. The van der Waals surface area contributed by atoms with E-state index >= 15 is 0 Å². The van der Waals surface area contributed by atoms with Crippen LogP contribution in [0.4, 0.5) is 0 Å². The average Bonchev–Trinajstić information content (AvgIpc) is 3.53. The predicted octanol–water partition coefficient (Wildman–Crippen LogP) is 5.44. The third-order valence-corrected chi connectivity index (χ3v) is 7.12. The van der Waals surface area contributed by atoms with E-state index in [4.69, 9.17) is 23.2 Å². The SMILES string of the molecule is O=C(c1cccc(-c2nn[nH]n2)c1)N1CCc2c([nH]c3ccccc23)C1c1cccc(Cl)c1Cl. The van der Waals surface area contributed by atoms with E-state index in [1.807, 2.05) is 47.4 Å². The number of hydrogen-bond donors (Lipinski definition) is 2. The highest BCUT2D eigenvalue weighted by Gasteiger charge is 2.36. The van der Waals surface area contributed by atoms with Crippen LogP contribution in [0.1, 0.15) is 33.2 Å². The fourth-order valence-electron chi connectivity index (χ4n) is 4.76. The lowest BCUT2D eigenvalue weighted by atomic mass is 9.91. The number of benzene rings is 3. The van der Waals surface area contributed by atoms with E-state index < -0.39 is 6.04 Å². The lowest BCUT2D eigenvalue weighted by Gasteiger charge is -2.37. The molecule has 9 heteroatoms. The van der Waals surface area contributed by atoms with Crippen molar-refractivity contribution in [2.45, 2.75) is 12.5 Å². The number of rotatable bonds is 3. The molecule has 1 atom stereocenters. The van der Waals surface area contributed by atoms with Gasteiger partial charge in [-0.2, -0.15) is 5.21 Å². The summed E-state index contributed by atoms with van der Waals surface area (Å²) in [5.74, 6) is 0.316. The van der Waals surface area contributed by atoms with Crippen LogP contribution < -0.4 is 0 Å². The van der Waals surface area contributed by atoms with E-state index in [1.165, 1.54) is 5.56 Å². The molecule has 1 unspecified atom stereocenters. The molecule has 0 radical (unpaired) electrons. The molecule has 1 aliphatic rings. The third kappa shape index (κ3) is 3.36. The Morgan fingerprint density at radius 1 is 1.03 bits per heavy atom. The number of halogens is 2. The number of carbonyl (C=O) groups is 1. The Hall–Kier alpha value is -3.68. The summed E-state index contributed by atoms with van der Waals surface area (Å²) < 4.78 is 0. The molecule has 3 aromatic carbocycles. The smallest absolute Gasteiger partial charge is 0.254 e. The second-order valence-corrected chi connectivity index (χ2v) is 8.96. The molecule has 2 aromatic heterocycles. The average molecular weight is 489 g/mol. The zero-order valence-corrected chi connectivity index (χ0v) is 19.3. The zero-order valence-electron chi connectivity index (χ0n) is 17.8. The van der Waals surface area contributed by atoms with Crippen LogP contribution in [0.25, 0.3) is 22.3 Å². The van der Waals surface area contributed by atoms with Crippen LogP contribution in [-0.4, -0.2) is 43.0 Å². The van der Waals surface area contributed by atoms with Crippen LogP contribution >= 0.6 is 23.2 Å². The number of nitrogens with one attached hydrogen (secondary N) is 2. The van der Waals surface area contributed by atoms with Gasteiger partial charge in [0.25, 0.3) is 5.91 Å². The maximum Gasteiger partial charge on any atom is 0.254 e. The van der Waals surface area contributed by atoms with Crippen molar-refractivity contribution in [1.82, 2.24) is 30.5 Å². The molecule has 5 aromatic rings. The molecule has 0 saturated carbocycles. The highest BCUT2D eigenvalue weighted by Crippen LogP contribution is 2.42. The number of carbonyl (C=O) groups excluding carboxylic acids is 1. The number of amides is 1. The monoisotopic (exact) mass is 488 g/mol.